The number of hydrogen-bond donors (Lipinski definition) is 2. The lowest BCUT2D eigenvalue weighted by Gasteiger charge is -2.08. The molecule has 2 N–H and O–H groups in total. The Morgan fingerprint density at radius 3 is 2.22 bits per heavy atom. The minimum atomic E-state index is -2.10. The number of halogens is 1. The zero-order valence-corrected chi connectivity index (χ0v) is 6.04. The van der Waals surface area contributed by atoms with Crippen LogP contribution in [0.4, 0.5) is 0 Å². The van der Waals surface area contributed by atoms with Crippen LogP contribution in [0.25, 0.3) is 0 Å². The van der Waals surface area contributed by atoms with Gasteiger partial charge in [-0.2, -0.15) is 0 Å². The summed E-state index contributed by atoms with van der Waals surface area (Å²) in [5, 5.41) is 26.5. The summed E-state index contributed by atoms with van der Waals surface area (Å²) < 4.78 is -2.10. The third kappa shape index (κ3) is 7.80. The maximum absolute atomic E-state index is 9.61. The van der Waals surface area contributed by atoms with Crippen LogP contribution in [0, 0.1) is 10.1 Å². The average molecular weight is 200 g/mol. The molecule has 0 aliphatic rings. The highest BCUT2D eigenvalue weighted by Crippen LogP contribution is 2.12. The predicted octanol–water partition coefficient (Wildman–Crippen LogP) is -0.314. The van der Waals surface area contributed by atoms with Gasteiger partial charge in [-0.1, -0.05) is 0 Å². The molecule has 6 heteroatoms. The van der Waals surface area contributed by atoms with E-state index >= 15 is 0 Å². The molecule has 0 fully saturated rings. The monoisotopic (exact) mass is 199 g/mol. The number of alkyl halides is 1. The van der Waals surface area contributed by atoms with Crippen molar-refractivity contribution < 1.29 is 15.1 Å². The maximum Gasteiger partial charge on any atom is 0.227 e. The van der Waals surface area contributed by atoms with Crippen molar-refractivity contribution in [3.8, 4) is 0 Å². The first-order valence-electron chi connectivity index (χ1n) is 2.17. The molecule has 9 heavy (non-hydrogen) atoms. The SMILES string of the molecule is O=[N+]([O-])CCC(O)(O)Br. The second-order valence-corrected chi connectivity index (χ2v) is 2.80. The lowest BCUT2D eigenvalue weighted by Crippen LogP contribution is -2.22. The number of nitro groups is 1. The standard InChI is InChI=1S/C3H6BrNO4/c4-3(6,7)1-2-5(8)9/h6-7H,1-2H2. The molecule has 54 valence electrons. The summed E-state index contributed by atoms with van der Waals surface area (Å²) in [4.78, 5) is 8.99. The van der Waals surface area contributed by atoms with Crippen LogP contribution in [0.15, 0.2) is 0 Å². The van der Waals surface area contributed by atoms with Crippen LogP contribution in [-0.2, 0) is 0 Å². The normalized spacial score (nSPS) is 11.4. The average Bonchev–Trinajstić information content (AvgIpc) is 1.59. The van der Waals surface area contributed by atoms with Gasteiger partial charge in [0.05, 0.1) is 6.42 Å². The highest BCUT2D eigenvalue weighted by atomic mass is 79.9. The molecule has 0 aromatic rings. The van der Waals surface area contributed by atoms with Crippen molar-refractivity contribution in [2.45, 2.75) is 11.1 Å². The lowest BCUT2D eigenvalue weighted by molar-refractivity contribution is -0.484. The lowest BCUT2D eigenvalue weighted by atomic mass is 10.4. The molecular weight excluding hydrogens is 194 g/mol. The van der Waals surface area contributed by atoms with Crippen LogP contribution < -0.4 is 0 Å². The van der Waals surface area contributed by atoms with Gasteiger partial charge in [0.1, 0.15) is 0 Å². The molecule has 0 aliphatic carbocycles. The number of rotatable bonds is 3. The largest absolute Gasteiger partial charge is 0.357 e. The summed E-state index contributed by atoms with van der Waals surface area (Å²) in [6, 6.07) is 0. The molecule has 0 radical (unpaired) electrons. The van der Waals surface area contributed by atoms with Crippen LogP contribution in [0.1, 0.15) is 6.42 Å². The Bertz CT molecular complexity index is 109. The maximum atomic E-state index is 9.61. The van der Waals surface area contributed by atoms with E-state index < -0.39 is 16.2 Å². The van der Waals surface area contributed by atoms with Crippen LogP contribution in [0.5, 0.6) is 0 Å². The molecule has 0 aliphatic heterocycles. The summed E-state index contributed by atoms with van der Waals surface area (Å²) in [7, 11) is 0. The van der Waals surface area contributed by atoms with Gasteiger partial charge in [-0.3, -0.25) is 10.1 Å². The van der Waals surface area contributed by atoms with E-state index in [-0.39, 0.29) is 6.42 Å². The molecule has 0 aromatic heterocycles. The fourth-order valence-electron chi connectivity index (χ4n) is 0.234. The van der Waals surface area contributed by atoms with Gasteiger partial charge in [-0.05, 0) is 15.9 Å². The van der Waals surface area contributed by atoms with Gasteiger partial charge >= 0.3 is 0 Å². The fourth-order valence-corrected chi connectivity index (χ4v) is 0.411. The summed E-state index contributed by atoms with van der Waals surface area (Å²) in [5.74, 6) is 0. The number of aliphatic hydroxyl groups is 2. The van der Waals surface area contributed by atoms with Gasteiger partial charge in [0.2, 0.25) is 11.2 Å². The van der Waals surface area contributed by atoms with E-state index in [1.54, 1.807) is 0 Å². The molecular formula is C3H6BrNO4. The molecule has 0 rings (SSSR count). The minimum Gasteiger partial charge on any atom is -0.357 e. The van der Waals surface area contributed by atoms with E-state index in [2.05, 4.69) is 15.9 Å². The highest BCUT2D eigenvalue weighted by molar-refractivity contribution is 9.09. The quantitative estimate of drug-likeness (QED) is 0.283. The number of nitrogens with zero attached hydrogens (tertiary/aromatic N) is 1. The molecule has 0 saturated carbocycles. The number of hydrogen-bond acceptors (Lipinski definition) is 4. The summed E-state index contributed by atoms with van der Waals surface area (Å²) in [5.41, 5.74) is 0. The molecule has 0 atom stereocenters. The Labute approximate surface area is 59.6 Å². The van der Waals surface area contributed by atoms with E-state index in [1.807, 2.05) is 0 Å². The van der Waals surface area contributed by atoms with Crippen LogP contribution in [-0.4, -0.2) is 26.4 Å². The third-order valence-corrected chi connectivity index (χ3v) is 1.01. The molecule has 0 heterocycles. The van der Waals surface area contributed by atoms with Crippen molar-refractivity contribution in [2.24, 2.45) is 0 Å². The van der Waals surface area contributed by atoms with E-state index in [9.17, 15) is 10.1 Å². The van der Waals surface area contributed by atoms with Gasteiger partial charge in [0.15, 0.2) is 0 Å². The molecule has 0 saturated heterocycles. The van der Waals surface area contributed by atoms with Crippen LogP contribution in [0.2, 0.25) is 0 Å². The van der Waals surface area contributed by atoms with Crippen molar-refractivity contribution in [3.05, 3.63) is 10.1 Å². The first kappa shape index (κ1) is 8.80. The van der Waals surface area contributed by atoms with Crippen molar-refractivity contribution in [1.82, 2.24) is 0 Å². The second kappa shape index (κ2) is 3.09. The molecule has 0 unspecified atom stereocenters. The Hall–Kier alpha value is -0.200. The second-order valence-electron chi connectivity index (χ2n) is 1.53. The van der Waals surface area contributed by atoms with Gasteiger partial charge in [-0.15, -0.1) is 0 Å². The molecule has 0 amide bonds. The van der Waals surface area contributed by atoms with Crippen LogP contribution in [0.3, 0.4) is 0 Å². The Kier molecular flexibility index (Phi) is 3.02. The topological polar surface area (TPSA) is 83.6 Å². The molecule has 0 aromatic carbocycles. The predicted molar refractivity (Wildman–Crippen MR) is 32.6 cm³/mol. The summed E-state index contributed by atoms with van der Waals surface area (Å²) in [6.07, 6.45) is -0.319. The molecule has 0 bridgehead atoms. The molecule has 0 spiro atoms. The summed E-state index contributed by atoms with van der Waals surface area (Å²) >= 11 is 2.41. The zero-order valence-electron chi connectivity index (χ0n) is 4.45. The fraction of sp³-hybridized carbons (Fsp3) is 1.00. The van der Waals surface area contributed by atoms with Gasteiger partial charge < -0.3 is 10.2 Å². The first-order valence-corrected chi connectivity index (χ1v) is 2.96. The van der Waals surface area contributed by atoms with Gasteiger partial charge in [0.25, 0.3) is 0 Å². The highest BCUT2D eigenvalue weighted by Gasteiger charge is 2.20. The van der Waals surface area contributed by atoms with Gasteiger partial charge in [0, 0.05) is 4.92 Å². The Balaban J connectivity index is 3.39. The first-order chi connectivity index (χ1) is 3.92. The Morgan fingerprint density at radius 1 is 1.67 bits per heavy atom. The molecule has 5 nitrogen and oxygen atoms in total. The van der Waals surface area contributed by atoms with Crippen LogP contribution >= 0.6 is 15.9 Å². The van der Waals surface area contributed by atoms with E-state index in [1.165, 1.54) is 0 Å². The van der Waals surface area contributed by atoms with Crippen molar-refractivity contribution in [3.63, 3.8) is 0 Å². The van der Waals surface area contributed by atoms with Crippen molar-refractivity contribution >= 4 is 15.9 Å². The van der Waals surface area contributed by atoms with Gasteiger partial charge in [-0.25, -0.2) is 0 Å². The van der Waals surface area contributed by atoms with Crippen molar-refractivity contribution in [2.75, 3.05) is 6.54 Å². The van der Waals surface area contributed by atoms with E-state index in [0.29, 0.717) is 0 Å². The van der Waals surface area contributed by atoms with E-state index in [4.69, 9.17) is 10.2 Å². The minimum absolute atomic E-state index is 0.319. The van der Waals surface area contributed by atoms with Crippen molar-refractivity contribution in [1.29, 1.82) is 0 Å². The summed E-state index contributed by atoms with van der Waals surface area (Å²) in [6.45, 7) is -0.460. The zero-order chi connectivity index (χ0) is 7.49. The van der Waals surface area contributed by atoms with E-state index in [0.717, 1.165) is 0 Å². The smallest absolute Gasteiger partial charge is 0.227 e. The Morgan fingerprint density at radius 2 is 2.11 bits per heavy atom. The third-order valence-electron chi connectivity index (χ3n) is 0.612.